The summed E-state index contributed by atoms with van der Waals surface area (Å²) in [5, 5.41) is 0.684. The topological polar surface area (TPSA) is 43.7 Å². The molecule has 2 saturated heterocycles. The van der Waals surface area contributed by atoms with Crippen molar-refractivity contribution in [1.82, 2.24) is 9.47 Å². The summed E-state index contributed by atoms with van der Waals surface area (Å²) in [6.45, 7) is 6.77. The van der Waals surface area contributed by atoms with Crippen molar-refractivity contribution in [2.24, 2.45) is 5.92 Å². The molecule has 1 unspecified atom stereocenters. The highest BCUT2D eigenvalue weighted by Gasteiger charge is 2.33. The van der Waals surface area contributed by atoms with Crippen LogP contribution in [-0.4, -0.2) is 48.0 Å². The zero-order valence-electron chi connectivity index (χ0n) is 15.8. The Kier molecular flexibility index (Phi) is 5.26. The Labute approximate surface area is 164 Å². The molecule has 0 saturated carbocycles. The van der Waals surface area contributed by atoms with Gasteiger partial charge in [0, 0.05) is 41.1 Å². The van der Waals surface area contributed by atoms with E-state index in [4.69, 9.17) is 21.1 Å². The molecule has 1 amide bonds. The predicted octanol–water partition coefficient (Wildman–Crippen LogP) is 3.97. The first kappa shape index (κ1) is 18.5. The third-order valence-corrected chi connectivity index (χ3v) is 5.74. The third-order valence-electron chi connectivity index (χ3n) is 5.51. The number of likely N-dealkylation sites (tertiary alicyclic amines) is 1. The van der Waals surface area contributed by atoms with Crippen molar-refractivity contribution >= 4 is 17.5 Å². The Morgan fingerprint density at radius 3 is 2.70 bits per heavy atom. The van der Waals surface area contributed by atoms with E-state index in [-0.39, 0.29) is 18.1 Å². The molecule has 2 aliphatic heterocycles. The lowest BCUT2D eigenvalue weighted by atomic mass is 9.96. The Morgan fingerprint density at radius 1 is 1.19 bits per heavy atom. The lowest BCUT2D eigenvalue weighted by molar-refractivity contribution is -0.0969. The Hall–Kier alpha value is -1.82. The molecule has 0 radical (unpaired) electrons. The summed E-state index contributed by atoms with van der Waals surface area (Å²) in [5.74, 6) is 0.334. The molecule has 4 rings (SSSR count). The van der Waals surface area contributed by atoms with E-state index in [9.17, 15) is 4.79 Å². The molecular formula is C21H25ClN2O3. The fourth-order valence-electron chi connectivity index (χ4n) is 4.23. The molecule has 6 heteroatoms. The number of carbonyl (C=O) groups excluding carboxylic acids is 1. The fourth-order valence-corrected chi connectivity index (χ4v) is 4.41. The van der Waals surface area contributed by atoms with Gasteiger partial charge >= 0.3 is 0 Å². The van der Waals surface area contributed by atoms with Crippen LogP contribution < -0.4 is 0 Å². The molecule has 144 valence electrons. The van der Waals surface area contributed by atoms with Gasteiger partial charge in [-0.25, -0.2) is 0 Å². The lowest BCUT2D eigenvalue weighted by Crippen LogP contribution is -2.44. The second-order valence-electron chi connectivity index (χ2n) is 7.36. The molecule has 27 heavy (non-hydrogen) atoms. The quantitative estimate of drug-likeness (QED) is 0.799. The average Bonchev–Trinajstić information content (AvgIpc) is 3.29. The molecule has 1 atom stereocenters. The lowest BCUT2D eigenvalue weighted by Gasteiger charge is -2.34. The number of nitrogens with zero attached hydrogens (tertiary/aromatic N) is 2. The first-order valence-electron chi connectivity index (χ1n) is 9.52. The summed E-state index contributed by atoms with van der Waals surface area (Å²) >= 11 is 6.16. The number of carbonyl (C=O) groups is 1. The van der Waals surface area contributed by atoms with Gasteiger partial charge in [-0.2, -0.15) is 0 Å². The van der Waals surface area contributed by atoms with Gasteiger partial charge in [0.05, 0.1) is 18.8 Å². The van der Waals surface area contributed by atoms with E-state index in [2.05, 4.69) is 4.57 Å². The maximum atomic E-state index is 13.2. The van der Waals surface area contributed by atoms with Gasteiger partial charge in [-0.3, -0.25) is 4.79 Å². The van der Waals surface area contributed by atoms with Gasteiger partial charge in [-0.05, 0) is 51.0 Å². The van der Waals surface area contributed by atoms with Crippen molar-refractivity contribution in [2.45, 2.75) is 33.0 Å². The van der Waals surface area contributed by atoms with Crippen LogP contribution in [0.1, 0.15) is 34.6 Å². The molecule has 2 aliphatic rings. The molecule has 3 heterocycles. The molecular weight excluding hydrogens is 364 g/mol. The largest absolute Gasteiger partial charge is 0.350 e. The van der Waals surface area contributed by atoms with Gasteiger partial charge in [0.15, 0.2) is 6.29 Å². The molecule has 0 N–H and O–H groups in total. The SMILES string of the molecule is Cc1cc(C(=O)N2CCCC(C3OCCO3)C2)c(C)n1-c1cccc(Cl)c1. The Bertz CT molecular complexity index is 842. The summed E-state index contributed by atoms with van der Waals surface area (Å²) in [6.07, 6.45) is 1.85. The monoisotopic (exact) mass is 388 g/mol. The second kappa shape index (κ2) is 7.66. The maximum Gasteiger partial charge on any atom is 0.255 e. The van der Waals surface area contributed by atoms with E-state index < -0.39 is 0 Å². The normalized spacial score (nSPS) is 21.0. The highest BCUT2D eigenvalue weighted by Crippen LogP contribution is 2.28. The van der Waals surface area contributed by atoms with Crippen molar-refractivity contribution in [3.63, 3.8) is 0 Å². The first-order valence-corrected chi connectivity index (χ1v) is 9.90. The van der Waals surface area contributed by atoms with E-state index in [1.54, 1.807) is 0 Å². The van der Waals surface area contributed by atoms with Crippen LogP contribution in [0.5, 0.6) is 0 Å². The molecule has 0 bridgehead atoms. The minimum absolute atomic E-state index is 0.0825. The van der Waals surface area contributed by atoms with E-state index >= 15 is 0 Å². The van der Waals surface area contributed by atoms with Crippen LogP contribution in [-0.2, 0) is 9.47 Å². The number of halogens is 1. The standard InChI is InChI=1S/C21H25ClN2O3/c1-14-11-19(15(2)24(14)18-7-3-6-17(22)12-18)20(25)23-8-4-5-16(13-23)21-26-9-10-27-21/h3,6-7,11-12,16,21H,4-5,8-10,13H2,1-2H3. The number of aryl methyl sites for hydroxylation is 1. The summed E-state index contributed by atoms with van der Waals surface area (Å²) in [4.78, 5) is 15.2. The zero-order chi connectivity index (χ0) is 19.0. The number of ether oxygens (including phenoxy) is 2. The van der Waals surface area contributed by atoms with Crippen LogP contribution in [0.15, 0.2) is 30.3 Å². The summed E-state index contributed by atoms with van der Waals surface area (Å²) in [7, 11) is 0. The number of piperidine rings is 1. The van der Waals surface area contributed by atoms with Gasteiger partial charge < -0.3 is 18.9 Å². The van der Waals surface area contributed by atoms with Crippen LogP contribution >= 0.6 is 11.6 Å². The molecule has 0 spiro atoms. The second-order valence-corrected chi connectivity index (χ2v) is 7.80. The number of hydrogen-bond acceptors (Lipinski definition) is 3. The van der Waals surface area contributed by atoms with E-state index in [0.29, 0.717) is 24.8 Å². The smallest absolute Gasteiger partial charge is 0.255 e. The van der Waals surface area contributed by atoms with E-state index in [1.165, 1.54) is 0 Å². The van der Waals surface area contributed by atoms with Crippen molar-refractivity contribution in [3.05, 3.63) is 52.3 Å². The molecule has 5 nitrogen and oxygen atoms in total. The van der Waals surface area contributed by atoms with Gasteiger partial charge in [-0.1, -0.05) is 17.7 Å². The third kappa shape index (κ3) is 3.64. The van der Waals surface area contributed by atoms with Crippen molar-refractivity contribution in [1.29, 1.82) is 0 Å². The van der Waals surface area contributed by atoms with Gasteiger partial charge in [0.1, 0.15) is 0 Å². The van der Waals surface area contributed by atoms with Crippen LogP contribution in [0.4, 0.5) is 0 Å². The number of amides is 1. The molecule has 1 aromatic carbocycles. The summed E-state index contributed by atoms with van der Waals surface area (Å²) in [5.41, 5.74) is 3.69. The predicted molar refractivity (Wildman–Crippen MR) is 105 cm³/mol. The number of benzene rings is 1. The van der Waals surface area contributed by atoms with Gasteiger partial charge in [-0.15, -0.1) is 0 Å². The molecule has 0 aliphatic carbocycles. The highest BCUT2D eigenvalue weighted by atomic mass is 35.5. The van der Waals surface area contributed by atoms with Crippen LogP contribution in [0.3, 0.4) is 0 Å². The molecule has 2 aromatic rings. The molecule has 1 aromatic heterocycles. The first-order chi connectivity index (χ1) is 13.0. The average molecular weight is 389 g/mol. The Balaban J connectivity index is 1.58. The van der Waals surface area contributed by atoms with Crippen molar-refractivity contribution in [2.75, 3.05) is 26.3 Å². The zero-order valence-corrected chi connectivity index (χ0v) is 16.5. The van der Waals surface area contributed by atoms with Gasteiger partial charge in [0.2, 0.25) is 0 Å². The van der Waals surface area contributed by atoms with Crippen molar-refractivity contribution < 1.29 is 14.3 Å². The molecule has 2 fully saturated rings. The minimum atomic E-state index is -0.167. The van der Waals surface area contributed by atoms with Crippen molar-refractivity contribution in [3.8, 4) is 5.69 Å². The van der Waals surface area contributed by atoms with E-state index in [0.717, 1.165) is 42.0 Å². The van der Waals surface area contributed by atoms with Gasteiger partial charge in [0.25, 0.3) is 5.91 Å². The number of hydrogen-bond donors (Lipinski definition) is 0. The van der Waals surface area contributed by atoms with Crippen LogP contribution in [0.2, 0.25) is 5.02 Å². The number of rotatable bonds is 3. The van der Waals surface area contributed by atoms with Crippen LogP contribution in [0.25, 0.3) is 5.69 Å². The fraction of sp³-hybridized carbons (Fsp3) is 0.476. The summed E-state index contributed by atoms with van der Waals surface area (Å²) < 4.78 is 13.4. The summed E-state index contributed by atoms with van der Waals surface area (Å²) in [6, 6.07) is 9.68. The minimum Gasteiger partial charge on any atom is -0.350 e. The van der Waals surface area contributed by atoms with E-state index in [1.807, 2.05) is 49.1 Å². The highest BCUT2D eigenvalue weighted by molar-refractivity contribution is 6.30. The van der Waals surface area contributed by atoms with Crippen LogP contribution in [0, 0.1) is 19.8 Å². The Morgan fingerprint density at radius 2 is 1.96 bits per heavy atom. The number of aromatic nitrogens is 1. The maximum absolute atomic E-state index is 13.2.